The molecule has 1 heterocycles. The fraction of sp³-hybridized carbons (Fsp3) is 0. The minimum Gasteiger partial charge on any atom is -0.354 e. The van der Waals surface area contributed by atoms with Crippen LogP contribution in [0, 0.1) is 0 Å². The molecular formula is C12H6BrCl2N. The van der Waals surface area contributed by atoms with E-state index >= 15 is 0 Å². The van der Waals surface area contributed by atoms with Crippen molar-refractivity contribution in [2.24, 2.45) is 0 Å². The molecule has 0 aliphatic carbocycles. The molecule has 3 aromatic rings. The smallest absolute Gasteiger partial charge is 0.0506 e. The first-order valence-corrected chi connectivity index (χ1v) is 6.26. The van der Waals surface area contributed by atoms with E-state index in [9.17, 15) is 0 Å². The molecule has 0 fully saturated rings. The van der Waals surface area contributed by atoms with E-state index in [2.05, 4.69) is 20.9 Å². The van der Waals surface area contributed by atoms with E-state index in [1.807, 2.05) is 30.3 Å². The molecule has 1 N–H and O–H groups in total. The summed E-state index contributed by atoms with van der Waals surface area (Å²) >= 11 is 15.7. The van der Waals surface area contributed by atoms with Crippen molar-refractivity contribution in [3.05, 3.63) is 44.8 Å². The van der Waals surface area contributed by atoms with Gasteiger partial charge in [-0.2, -0.15) is 0 Å². The van der Waals surface area contributed by atoms with Gasteiger partial charge in [0.05, 0.1) is 5.02 Å². The number of nitrogens with one attached hydrogen (secondary N) is 1. The van der Waals surface area contributed by atoms with Crippen molar-refractivity contribution in [3.63, 3.8) is 0 Å². The molecule has 3 rings (SSSR count). The lowest BCUT2D eigenvalue weighted by atomic mass is 10.1. The van der Waals surface area contributed by atoms with Gasteiger partial charge in [0, 0.05) is 31.3 Å². The van der Waals surface area contributed by atoms with Crippen molar-refractivity contribution >= 4 is 60.9 Å². The zero-order valence-corrected chi connectivity index (χ0v) is 11.1. The molecule has 0 saturated heterocycles. The topological polar surface area (TPSA) is 15.8 Å². The zero-order chi connectivity index (χ0) is 11.3. The average molecular weight is 315 g/mol. The van der Waals surface area contributed by atoms with E-state index in [0.717, 1.165) is 31.3 Å². The van der Waals surface area contributed by atoms with Gasteiger partial charge >= 0.3 is 0 Å². The third-order valence-corrected chi connectivity index (χ3v) is 3.75. The maximum Gasteiger partial charge on any atom is 0.0506 e. The second-order valence-electron chi connectivity index (χ2n) is 3.60. The Kier molecular flexibility index (Phi) is 2.39. The highest BCUT2D eigenvalue weighted by atomic mass is 79.9. The van der Waals surface area contributed by atoms with Gasteiger partial charge < -0.3 is 4.98 Å². The number of H-pyrrole nitrogens is 1. The van der Waals surface area contributed by atoms with Gasteiger partial charge in [-0.1, -0.05) is 45.2 Å². The largest absolute Gasteiger partial charge is 0.354 e. The van der Waals surface area contributed by atoms with Crippen LogP contribution >= 0.6 is 39.1 Å². The number of aromatic amines is 1. The van der Waals surface area contributed by atoms with Gasteiger partial charge in [0.1, 0.15) is 0 Å². The molecule has 2 aromatic carbocycles. The van der Waals surface area contributed by atoms with E-state index in [0.29, 0.717) is 5.02 Å². The molecule has 0 unspecified atom stereocenters. The summed E-state index contributed by atoms with van der Waals surface area (Å²) in [5.74, 6) is 0. The minimum absolute atomic E-state index is 0.696. The van der Waals surface area contributed by atoms with Crippen molar-refractivity contribution in [1.29, 1.82) is 0 Å². The van der Waals surface area contributed by atoms with Crippen LogP contribution in [-0.4, -0.2) is 4.98 Å². The molecule has 0 aliphatic rings. The summed E-state index contributed by atoms with van der Waals surface area (Å²) in [5.41, 5.74) is 2.01. The predicted octanol–water partition coefficient (Wildman–Crippen LogP) is 5.39. The Balaban J connectivity index is 2.63. The number of aromatic nitrogens is 1. The summed E-state index contributed by atoms with van der Waals surface area (Å²) in [5, 5.41) is 3.54. The van der Waals surface area contributed by atoms with E-state index in [4.69, 9.17) is 23.2 Å². The molecule has 1 nitrogen and oxygen atoms in total. The molecule has 4 heteroatoms. The Morgan fingerprint density at radius 3 is 2.62 bits per heavy atom. The van der Waals surface area contributed by atoms with Gasteiger partial charge in [-0.15, -0.1) is 0 Å². The minimum atomic E-state index is 0.696. The lowest BCUT2D eigenvalue weighted by molar-refractivity contribution is 1.54. The maximum atomic E-state index is 6.22. The Morgan fingerprint density at radius 1 is 1.00 bits per heavy atom. The van der Waals surface area contributed by atoms with Crippen molar-refractivity contribution in [2.75, 3.05) is 0 Å². The number of rotatable bonds is 0. The summed E-state index contributed by atoms with van der Waals surface area (Å²) in [4.78, 5) is 3.30. The van der Waals surface area contributed by atoms with E-state index in [1.54, 1.807) is 0 Å². The van der Waals surface area contributed by atoms with E-state index < -0.39 is 0 Å². The summed E-state index contributed by atoms with van der Waals surface area (Å²) < 4.78 is 0.953. The Morgan fingerprint density at radius 2 is 1.81 bits per heavy atom. The SMILES string of the molecule is Clc1cc(Br)c2c(c1)[nH]c1cccc(Cl)c12. The lowest BCUT2D eigenvalue weighted by Crippen LogP contribution is -1.72. The predicted molar refractivity (Wildman–Crippen MR) is 73.5 cm³/mol. The van der Waals surface area contributed by atoms with Crippen LogP contribution in [-0.2, 0) is 0 Å². The number of halogens is 3. The second-order valence-corrected chi connectivity index (χ2v) is 5.30. The van der Waals surface area contributed by atoms with Gasteiger partial charge in [-0.3, -0.25) is 0 Å². The Bertz CT molecular complexity index is 703. The molecule has 0 atom stereocenters. The monoisotopic (exact) mass is 313 g/mol. The molecule has 0 saturated carbocycles. The van der Waals surface area contributed by atoms with Gasteiger partial charge in [0.25, 0.3) is 0 Å². The third kappa shape index (κ3) is 1.45. The molecule has 0 bridgehead atoms. The van der Waals surface area contributed by atoms with E-state index in [1.165, 1.54) is 0 Å². The third-order valence-electron chi connectivity index (χ3n) is 2.59. The van der Waals surface area contributed by atoms with Crippen LogP contribution in [0.25, 0.3) is 21.8 Å². The van der Waals surface area contributed by atoms with Crippen LogP contribution < -0.4 is 0 Å². The van der Waals surface area contributed by atoms with Crippen LogP contribution in [0.1, 0.15) is 0 Å². The number of benzene rings is 2. The van der Waals surface area contributed by atoms with E-state index in [-0.39, 0.29) is 0 Å². The highest BCUT2D eigenvalue weighted by molar-refractivity contribution is 9.10. The summed E-state index contributed by atoms with van der Waals surface area (Å²) in [6.07, 6.45) is 0. The average Bonchev–Trinajstić information content (AvgIpc) is 2.56. The fourth-order valence-corrected chi connectivity index (χ4v) is 3.23. The van der Waals surface area contributed by atoms with Crippen LogP contribution in [0.2, 0.25) is 10.0 Å². The highest BCUT2D eigenvalue weighted by Crippen LogP contribution is 2.37. The maximum absolute atomic E-state index is 6.22. The lowest BCUT2D eigenvalue weighted by Gasteiger charge is -1.98. The molecule has 16 heavy (non-hydrogen) atoms. The molecular weight excluding hydrogens is 309 g/mol. The van der Waals surface area contributed by atoms with Crippen LogP contribution in [0.15, 0.2) is 34.8 Å². The molecule has 0 amide bonds. The normalized spacial score (nSPS) is 11.4. The zero-order valence-electron chi connectivity index (χ0n) is 8.02. The van der Waals surface area contributed by atoms with Crippen LogP contribution in [0.3, 0.4) is 0 Å². The summed E-state index contributed by atoms with van der Waals surface area (Å²) in [7, 11) is 0. The number of hydrogen-bond donors (Lipinski definition) is 1. The van der Waals surface area contributed by atoms with Gasteiger partial charge in [-0.25, -0.2) is 0 Å². The van der Waals surface area contributed by atoms with Crippen molar-refractivity contribution in [1.82, 2.24) is 4.98 Å². The van der Waals surface area contributed by atoms with Gasteiger partial charge in [0.15, 0.2) is 0 Å². The summed E-state index contributed by atoms with van der Waals surface area (Å²) in [6.45, 7) is 0. The standard InChI is InChI=1S/C12H6BrCl2N/c13-7-4-6(14)5-10-11(7)12-8(15)2-1-3-9(12)16-10/h1-5,16H. The van der Waals surface area contributed by atoms with Crippen LogP contribution in [0.5, 0.6) is 0 Å². The Hall–Kier alpha value is -0.700. The molecule has 0 radical (unpaired) electrons. The van der Waals surface area contributed by atoms with Crippen LogP contribution in [0.4, 0.5) is 0 Å². The number of hydrogen-bond acceptors (Lipinski definition) is 0. The van der Waals surface area contributed by atoms with Crippen molar-refractivity contribution in [3.8, 4) is 0 Å². The number of fused-ring (bicyclic) bond motifs is 3. The first kappa shape index (κ1) is 10.5. The highest BCUT2D eigenvalue weighted by Gasteiger charge is 2.11. The van der Waals surface area contributed by atoms with Gasteiger partial charge in [-0.05, 0) is 24.3 Å². The van der Waals surface area contributed by atoms with Gasteiger partial charge in [0.2, 0.25) is 0 Å². The molecule has 80 valence electrons. The molecule has 0 aliphatic heterocycles. The Labute approximate surface area is 110 Å². The first-order valence-electron chi connectivity index (χ1n) is 4.72. The summed E-state index contributed by atoms with van der Waals surface area (Å²) in [6, 6.07) is 9.59. The van der Waals surface area contributed by atoms with Crippen molar-refractivity contribution < 1.29 is 0 Å². The second kappa shape index (κ2) is 3.66. The fourth-order valence-electron chi connectivity index (χ4n) is 1.95. The first-order chi connectivity index (χ1) is 7.66. The van der Waals surface area contributed by atoms with Crippen molar-refractivity contribution in [2.45, 2.75) is 0 Å². The molecule has 0 spiro atoms. The quantitative estimate of drug-likeness (QED) is 0.572. The molecule has 1 aromatic heterocycles.